The topological polar surface area (TPSA) is 63.1 Å². The van der Waals surface area contributed by atoms with E-state index in [1.807, 2.05) is 0 Å². The molecule has 0 amide bonds. The fraction of sp³-hybridized carbons (Fsp3) is 0.545. The van der Waals surface area contributed by atoms with Gasteiger partial charge in [0.05, 0.1) is 12.8 Å². The molecule has 0 saturated carbocycles. The van der Waals surface area contributed by atoms with Crippen LogP contribution in [0.1, 0.15) is 29.2 Å². The van der Waals surface area contributed by atoms with Crippen molar-refractivity contribution in [1.82, 2.24) is 9.97 Å². The van der Waals surface area contributed by atoms with Crippen molar-refractivity contribution in [2.24, 2.45) is 0 Å². The minimum Gasteiger partial charge on any atom is -0.481 e. The summed E-state index contributed by atoms with van der Waals surface area (Å²) in [5.74, 6) is -0.927. The molecule has 18 heavy (non-hydrogen) atoms. The van der Waals surface area contributed by atoms with Crippen LogP contribution in [0.5, 0.6) is 0 Å². The van der Waals surface area contributed by atoms with Crippen LogP contribution in [0.4, 0.5) is 13.2 Å². The number of aromatic nitrogens is 2. The smallest absolute Gasteiger partial charge is 0.389 e. The molecule has 0 unspecified atom stereocenters. The lowest BCUT2D eigenvalue weighted by molar-refractivity contribution is -0.136. The van der Waals surface area contributed by atoms with Crippen LogP contribution in [-0.2, 0) is 17.6 Å². The molecule has 1 rings (SSSR count). The number of hydrogen-bond donors (Lipinski definition) is 1. The zero-order valence-corrected chi connectivity index (χ0v) is 10.0. The monoisotopic (exact) mass is 262 g/mol. The number of carbonyl (C=O) groups is 1. The van der Waals surface area contributed by atoms with Gasteiger partial charge in [0.15, 0.2) is 0 Å². The number of aryl methyl sites for hydroxylation is 3. The van der Waals surface area contributed by atoms with Crippen molar-refractivity contribution >= 4 is 5.97 Å². The van der Waals surface area contributed by atoms with Gasteiger partial charge >= 0.3 is 12.1 Å². The van der Waals surface area contributed by atoms with E-state index in [0.717, 1.165) is 0 Å². The Morgan fingerprint density at radius 2 is 1.72 bits per heavy atom. The maximum absolute atomic E-state index is 12.1. The van der Waals surface area contributed by atoms with Gasteiger partial charge < -0.3 is 5.11 Å². The van der Waals surface area contributed by atoms with Gasteiger partial charge in [-0.3, -0.25) is 4.79 Å². The first-order valence-electron chi connectivity index (χ1n) is 5.30. The van der Waals surface area contributed by atoms with Crippen LogP contribution in [0.3, 0.4) is 0 Å². The summed E-state index contributed by atoms with van der Waals surface area (Å²) >= 11 is 0. The molecular weight excluding hydrogens is 249 g/mol. The quantitative estimate of drug-likeness (QED) is 0.903. The van der Waals surface area contributed by atoms with E-state index in [-0.39, 0.29) is 18.7 Å². The van der Waals surface area contributed by atoms with Crippen molar-refractivity contribution in [3.8, 4) is 0 Å². The van der Waals surface area contributed by atoms with Crippen molar-refractivity contribution in [2.45, 2.75) is 39.3 Å². The van der Waals surface area contributed by atoms with Crippen LogP contribution in [0.25, 0.3) is 0 Å². The Balaban J connectivity index is 2.89. The van der Waals surface area contributed by atoms with Gasteiger partial charge in [0.2, 0.25) is 0 Å². The maximum Gasteiger partial charge on any atom is 0.389 e. The van der Waals surface area contributed by atoms with E-state index in [2.05, 4.69) is 9.97 Å². The molecule has 0 aliphatic heterocycles. The molecule has 0 fully saturated rings. The summed E-state index contributed by atoms with van der Waals surface area (Å²) in [4.78, 5) is 18.4. The minimum absolute atomic E-state index is 0.0939. The third-order valence-electron chi connectivity index (χ3n) is 2.43. The second-order valence-corrected chi connectivity index (χ2v) is 3.97. The third-order valence-corrected chi connectivity index (χ3v) is 2.43. The van der Waals surface area contributed by atoms with E-state index in [4.69, 9.17) is 5.11 Å². The molecule has 0 aliphatic rings. The molecule has 0 saturated heterocycles. The maximum atomic E-state index is 12.1. The molecule has 1 heterocycles. The SMILES string of the molecule is Cc1nc(CCC(F)(F)F)nc(C)c1CC(=O)O. The minimum atomic E-state index is -4.25. The van der Waals surface area contributed by atoms with E-state index in [1.54, 1.807) is 13.8 Å². The second-order valence-electron chi connectivity index (χ2n) is 3.97. The molecule has 0 spiro atoms. The molecule has 7 heteroatoms. The van der Waals surface area contributed by atoms with Crippen molar-refractivity contribution in [1.29, 1.82) is 0 Å². The van der Waals surface area contributed by atoms with Crippen molar-refractivity contribution in [3.63, 3.8) is 0 Å². The van der Waals surface area contributed by atoms with Gasteiger partial charge in [-0.1, -0.05) is 0 Å². The molecule has 4 nitrogen and oxygen atoms in total. The second kappa shape index (κ2) is 5.32. The van der Waals surface area contributed by atoms with E-state index >= 15 is 0 Å². The summed E-state index contributed by atoms with van der Waals surface area (Å²) in [6, 6.07) is 0. The van der Waals surface area contributed by atoms with E-state index in [1.165, 1.54) is 0 Å². The van der Waals surface area contributed by atoms with Gasteiger partial charge in [0.1, 0.15) is 5.82 Å². The molecule has 0 atom stereocenters. The van der Waals surface area contributed by atoms with Crippen LogP contribution in [0.15, 0.2) is 0 Å². The van der Waals surface area contributed by atoms with Gasteiger partial charge in [-0.2, -0.15) is 13.2 Å². The van der Waals surface area contributed by atoms with Gasteiger partial charge in [-0.15, -0.1) is 0 Å². The molecule has 0 aromatic carbocycles. The molecule has 1 aromatic heterocycles. The van der Waals surface area contributed by atoms with Gasteiger partial charge in [-0.05, 0) is 13.8 Å². The fourth-order valence-electron chi connectivity index (χ4n) is 1.58. The first kappa shape index (κ1) is 14.4. The summed E-state index contributed by atoms with van der Waals surface area (Å²) in [5.41, 5.74) is 1.29. The van der Waals surface area contributed by atoms with Crippen molar-refractivity contribution < 1.29 is 23.1 Å². The number of carboxylic acids is 1. The predicted molar refractivity (Wildman–Crippen MR) is 57.2 cm³/mol. The predicted octanol–water partition coefficient (Wildman–Crippen LogP) is 2.22. The standard InChI is InChI=1S/C11H13F3N2O2/c1-6-8(5-10(17)18)7(2)16-9(15-6)3-4-11(12,13)14/h3-5H2,1-2H3,(H,17,18). The zero-order valence-electron chi connectivity index (χ0n) is 10.0. The summed E-state index contributed by atoms with van der Waals surface area (Å²) in [5, 5.41) is 8.69. The lowest BCUT2D eigenvalue weighted by atomic mass is 10.1. The van der Waals surface area contributed by atoms with Crippen molar-refractivity contribution in [3.05, 3.63) is 22.8 Å². The van der Waals surface area contributed by atoms with E-state index in [9.17, 15) is 18.0 Å². The Bertz CT molecular complexity index is 435. The number of hydrogen-bond acceptors (Lipinski definition) is 3. The highest BCUT2D eigenvalue weighted by atomic mass is 19.4. The van der Waals surface area contributed by atoms with Gasteiger partial charge in [0, 0.05) is 23.4 Å². The largest absolute Gasteiger partial charge is 0.481 e. The Kier molecular flexibility index (Phi) is 4.26. The Morgan fingerprint density at radius 3 is 2.11 bits per heavy atom. The number of halogens is 3. The average Bonchev–Trinajstić information content (AvgIpc) is 2.19. The lowest BCUT2D eigenvalue weighted by Crippen LogP contribution is -2.13. The van der Waals surface area contributed by atoms with Gasteiger partial charge in [-0.25, -0.2) is 9.97 Å². The number of nitrogens with zero attached hydrogens (tertiary/aromatic N) is 2. The van der Waals surface area contributed by atoms with E-state index < -0.39 is 18.6 Å². The van der Waals surface area contributed by atoms with Crippen LogP contribution < -0.4 is 0 Å². The van der Waals surface area contributed by atoms with Crippen LogP contribution in [0, 0.1) is 13.8 Å². The van der Waals surface area contributed by atoms with Crippen LogP contribution >= 0.6 is 0 Å². The molecule has 0 radical (unpaired) electrons. The highest BCUT2D eigenvalue weighted by molar-refractivity contribution is 5.70. The summed E-state index contributed by atoms with van der Waals surface area (Å²) in [7, 11) is 0. The number of rotatable bonds is 4. The first-order chi connectivity index (χ1) is 8.19. The summed E-state index contributed by atoms with van der Waals surface area (Å²) < 4.78 is 36.2. The average molecular weight is 262 g/mol. The lowest BCUT2D eigenvalue weighted by Gasteiger charge is -2.10. The molecule has 1 N–H and O–H groups in total. The highest BCUT2D eigenvalue weighted by Gasteiger charge is 2.27. The fourth-order valence-corrected chi connectivity index (χ4v) is 1.58. The molecule has 100 valence electrons. The van der Waals surface area contributed by atoms with Gasteiger partial charge in [0.25, 0.3) is 0 Å². The number of alkyl halides is 3. The first-order valence-corrected chi connectivity index (χ1v) is 5.30. The summed E-state index contributed by atoms with van der Waals surface area (Å²) in [6.45, 7) is 3.15. The third kappa shape index (κ3) is 4.31. The number of aliphatic carboxylic acids is 1. The molecule has 0 aliphatic carbocycles. The van der Waals surface area contributed by atoms with Crippen LogP contribution in [0.2, 0.25) is 0 Å². The Hall–Kier alpha value is -1.66. The molecule has 0 bridgehead atoms. The zero-order chi connectivity index (χ0) is 13.9. The molecular formula is C11H13F3N2O2. The summed E-state index contributed by atoms with van der Waals surface area (Å²) in [6.07, 6.45) is -5.75. The Labute approximate surface area is 102 Å². The Morgan fingerprint density at radius 1 is 1.22 bits per heavy atom. The van der Waals surface area contributed by atoms with Crippen LogP contribution in [-0.4, -0.2) is 27.2 Å². The highest BCUT2D eigenvalue weighted by Crippen LogP contribution is 2.21. The van der Waals surface area contributed by atoms with Crippen molar-refractivity contribution in [2.75, 3.05) is 0 Å². The number of carboxylic acid groups (broad SMARTS) is 1. The molecule has 1 aromatic rings. The van der Waals surface area contributed by atoms with E-state index in [0.29, 0.717) is 17.0 Å². The normalized spacial score (nSPS) is 11.6.